The minimum atomic E-state index is -3.84. The first-order valence-corrected chi connectivity index (χ1v) is 9.56. The quantitative estimate of drug-likeness (QED) is 0.597. The summed E-state index contributed by atoms with van der Waals surface area (Å²) < 4.78 is 44.8. The fraction of sp³-hybridized carbons (Fsp3) is 0.150. The Balaban J connectivity index is 1.99. The molecule has 0 radical (unpaired) electrons. The number of carbonyl (C=O) groups excluding carboxylic acids is 1. The summed E-state index contributed by atoms with van der Waals surface area (Å²) in [7, 11) is -3.84. The Labute approximate surface area is 151 Å². The lowest BCUT2D eigenvalue weighted by molar-refractivity contribution is 0.0978. The number of benzene rings is 2. The Morgan fingerprint density at radius 1 is 1.00 bits per heavy atom. The third-order valence-corrected chi connectivity index (χ3v) is 6.14. The van der Waals surface area contributed by atoms with E-state index in [2.05, 4.69) is 0 Å². The molecule has 0 N–H and O–H groups in total. The van der Waals surface area contributed by atoms with Crippen LogP contribution in [0.3, 0.4) is 0 Å². The molecule has 1 unspecified atom stereocenters. The first-order chi connectivity index (χ1) is 12.4. The van der Waals surface area contributed by atoms with Crippen LogP contribution in [0.5, 0.6) is 0 Å². The molecule has 134 valence electrons. The van der Waals surface area contributed by atoms with E-state index in [1.54, 1.807) is 37.3 Å². The highest BCUT2D eigenvalue weighted by molar-refractivity contribution is 7.91. The molecule has 6 heteroatoms. The number of hydrogen-bond donors (Lipinski definition) is 0. The van der Waals surface area contributed by atoms with E-state index < -0.39 is 26.7 Å². The van der Waals surface area contributed by atoms with Gasteiger partial charge in [0.05, 0.1) is 4.90 Å². The Hall–Kier alpha value is -2.73. The van der Waals surface area contributed by atoms with Crippen molar-refractivity contribution in [2.24, 2.45) is 0 Å². The van der Waals surface area contributed by atoms with Crippen LogP contribution in [0.25, 0.3) is 0 Å². The van der Waals surface area contributed by atoms with Gasteiger partial charge >= 0.3 is 0 Å². The monoisotopic (exact) mass is 372 g/mol. The number of Topliss-reactive ketones (excluding diaryl/α,β-unsaturated/α-hetero) is 1. The minimum absolute atomic E-state index is 0.117. The Kier molecular flexibility index (Phi) is 5.04. The predicted octanol–water partition coefficient (Wildman–Crippen LogP) is 4.52. The van der Waals surface area contributed by atoms with E-state index in [-0.39, 0.29) is 22.6 Å². The van der Waals surface area contributed by atoms with E-state index in [1.807, 2.05) is 0 Å². The second kappa shape index (κ2) is 7.25. The third kappa shape index (κ3) is 3.75. The lowest BCUT2D eigenvalue weighted by Gasteiger charge is -2.15. The van der Waals surface area contributed by atoms with Crippen molar-refractivity contribution >= 4 is 15.6 Å². The molecule has 0 spiro atoms. The van der Waals surface area contributed by atoms with Crippen molar-refractivity contribution < 1.29 is 22.0 Å². The summed E-state index contributed by atoms with van der Waals surface area (Å²) in [4.78, 5) is 12.7. The Bertz CT molecular complexity index is 1010. The van der Waals surface area contributed by atoms with Gasteiger partial charge in [-0.05, 0) is 55.5 Å². The molecule has 0 saturated carbocycles. The van der Waals surface area contributed by atoms with Gasteiger partial charge in [0.25, 0.3) is 0 Å². The molecule has 3 aromatic rings. The number of furan rings is 1. The number of aryl methyl sites for hydroxylation is 1. The SMILES string of the molecule is Cc1ccc(C(CC(=O)c2ccc(F)cc2)S(=O)(=O)c2ccccc2)o1. The van der Waals surface area contributed by atoms with Gasteiger partial charge in [0, 0.05) is 12.0 Å². The van der Waals surface area contributed by atoms with Crippen molar-refractivity contribution in [2.75, 3.05) is 0 Å². The molecule has 0 fully saturated rings. The molecule has 26 heavy (non-hydrogen) atoms. The summed E-state index contributed by atoms with van der Waals surface area (Å²) in [5.41, 5.74) is 0.253. The van der Waals surface area contributed by atoms with Crippen LogP contribution >= 0.6 is 0 Å². The van der Waals surface area contributed by atoms with Crippen LogP contribution in [0.4, 0.5) is 4.39 Å². The van der Waals surface area contributed by atoms with Crippen molar-refractivity contribution in [3.05, 3.63) is 89.6 Å². The molecular weight excluding hydrogens is 355 g/mol. The number of carbonyl (C=O) groups is 1. The summed E-state index contributed by atoms with van der Waals surface area (Å²) in [6.45, 7) is 1.71. The molecule has 1 heterocycles. The van der Waals surface area contributed by atoms with Crippen LogP contribution in [-0.4, -0.2) is 14.2 Å². The molecule has 3 rings (SSSR count). The second-order valence-corrected chi connectivity index (χ2v) is 8.06. The molecule has 0 aliphatic rings. The van der Waals surface area contributed by atoms with Crippen molar-refractivity contribution in [2.45, 2.75) is 23.5 Å². The first kappa shape index (κ1) is 18.1. The maximum Gasteiger partial charge on any atom is 0.188 e. The van der Waals surface area contributed by atoms with Gasteiger partial charge in [0.2, 0.25) is 0 Å². The van der Waals surface area contributed by atoms with E-state index in [0.29, 0.717) is 5.76 Å². The first-order valence-electron chi connectivity index (χ1n) is 8.02. The molecule has 1 aromatic heterocycles. The minimum Gasteiger partial charge on any atom is -0.465 e. The molecule has 4 nitrogen and oxygen atoms in total. The zero-order valence-corrected chi connectivity index (χ0v) is 14.9. The Morgan fingerprint density at radius 2 is 1.65 bits per heavy atom. The maximum atomic E-state index is 13.1. The standard InChI is InChI=1S/C20H17FO4S/c1-14-7-12-19(25-14)20(26(23,24)17-5-3-2-4-6-17)13-18(22)15-8-10-16(21)11-9-15/h2-12,20H,13H2,1H3. The molecule has 0 bridgehead atoms. The second-order valence-electron chi connectivity index (χ2n) is 5.93. The number of hydrogen-bond acceptors (Lipinski definition) is 4. The predicted molar refractivity (Wildman–Crippen MR) is 95.2 cm³/mol. The fourth-order valence-corrected chi connectivity index (χ4v) is 4.35. The highest BCUT2D eigenvalue weighted by atomic mass is 32.2. The van der Waals surface area contributed by atoms with Crippen LogP contribution < -0.4 is 0 Å². The van der Waals surface area contributed by atoms with Crippen LogP contribution in [0, 0.1) is 12.7 Å². The average Bonchev–Trinajstić information content (AvgIpc) is 3.06. The Morgan fingerprint density at radius 3 is 2.23 bits per heavy atom. The van der Waals surface area contributed by atoms with E-state index in [4.69, 9.17) is 4.42 Å². The van der Waals surface area contributed by atoms with E-state index in [9.17, 15) is 17.6 Å². The van der Waals surface area contributed by atoms with Crippen LogP contribution in [-0.2, 0) is 9.84 Å². The van der Waals surface area contributed by atoms with Crippen molar-refractivity contribution in [1.29, 1.82) is 0 Å². The number of ketones is 1. The van der Waals surface area contributed by atoms with E-state index in [1.165, 1.54) is 36.4 Å². The summed E-state index contributed by atoms with van der Waals surface area (Å²) in [6, 6.07) is 16.2. The van der Waals surface area contributed by atoms with Crippen LogP contribution in [0.15, 0.2) is 76.0 Å². The third-order valence-electron chi connectivity index (χ3n) is 4.06. The van der Waals surface area contributed by atoms with Gasteiger partial charge in [-0.3, -0.25) is 4.79 Å². The summed E-state index contributed by atoms with van der Waals surface area (Å²) in [6.07, 6.45) is -0.296. The topological polar surface area (TPSA) is 64.3 Å². The molecule has 0 amide bonds. The van der Waals surface area contributed by atoms with Crippen molar-refractivity contribution in [3.8, 4) is 0 Å². The zero-order chi connectivity index (χ0) is 18.7. The molecule has 0 aliphatic heterocycles. The lowest BCUT2D eigenvalue weighted by Crippen LogP contribution is -2.17. The largest absolute Gasteiger partial charge is 0.465 e. The average molecular weight is 372 g/mol. The van der Waals surface area contributed by atoms with Gasteiger partial charge in [-0.2, -0.15) is 0 Å². The lowest BCUT2D eigenvalue weighted by atomic mass is 10.1. The number of halogens is 1. The number of sulfone groups is 1. The zero-order valence-electron chi connectivity index (χ0n) is 14.1. The molecular formula is C20H17FO4S. The van der Waals surface area contributed by atoms with Crippen molar-refractivity contribution in [1.82, 2.24) is 0 Å². The highest BCUT2D eigenvalue weighted by Crippen LogP contribution is 2.34. The van der Waals surface area contributed by atoms with E-state index >= 15 is 0 Å². The number of rotatable bonds is 6. The molecule has 0 saturated heterocycles. The molecule has 1 atom stereocenters. The molecule has 2 aromatic carbocycles. The van der Waals surface area contributed by atoms with Gasteiger partial charge in [-0.25, -0.2) is 12.8 Å². The summed E-state index contributed by atoms with van der Waals surface area (Å²) in [5, 5.41) is -1.16. The van der Waals surface area contributed by atoms with Crippen LogP contribution in [0.1, 0.15) is 33.5 Å². The van der Waals surface area contributed by atoms with E-state index in [0.717, 1.165) is 0 Å². The van der Waals surface area contributed by atoms with Gasteiger partial charge in [0.1, 0.15) is 22.6 Å². The fourth-order valence-electron chi connectivity index (χ4n) is 2.69. The smallest absolute Gasteiger partial charge is 0.188 e. The van der Waals surface area contributed by atoms with Crippen LogP contribution in [0.2, 0.25) is 0 Å². The summed E-state index contributed by atoms with van der Waals surface area (Å²) >= 11 is 0. The van der Waals surface area contributed by atoms with Gasteiger partial charge in [-0.1, -0.05) is 18.2 Å². The highest BCUT2D eigenvalue weighted by Gasteiger charge is 2.33. The van der Waals surface area contributed by atoms with Gasteiger partial charge in [0.15, 0.2) is 15.6 Å². The molecule has 0 aliphatic carbocycles. The normalized spacial score (nSPS) is 12.7. The van der Waals surface area contributed by atoms with Gasteiger partial charge in [-0.15, -0.1) is 0 Å². The van der Waals surface area contributed by atoms with Gasteiger partial charge < -0.3 is 4.42 Å². The van der Waals surface area contributed by atoms with Crippen molar-refractivity contribution in [3.63, 3.8) is 0 Å². The summed E-state index contributed by atoms with van der Waals surface area (Å²) in [5.74, 6) is -0.0930. The maximum absolute atomic E-state index is 13.1.